The highest BCUT2D eigenvalue weighted by Gasteiger charge is 2.38. The van der Waals surface area contributed by atoms with Crippen molar-refractivity contribution in [2.75, 3.05) is 10.6 Å². The quantitative estimate of drug-likeness (QED) is 0.777. The van der Waals surface area contributed by atoms with Gasteiger partial charge in [-0.05, 0) is 35.9 Å². The van der Waals surface area contributed by atoms with Crippen LogP contribution in [0.1, 0.15) is 11.1 Å². The summed E-state index contributed by atoms with van der Waals surface area (Å²) in [5.41, 5.74) is 2.00. The van der Waals surface area contributed by atoms with Gasteiger partial charge in [0.2, 0.25) is 0 Å². The lowest BCUT2D eigenvalue weighted by Gasteiger charge is -2.08. The molecule has 1 aliphatic heterocycles. The van der Waals surface area contributed by atoms with Crippen molar-refractivity contribution in [3.63, 3.8) is 0 Å². The largest absolute Gasteiger partial charge is 0.471 e. The third-order valence-electron chi connectivity index (χ3n) is 3.48. The van der Waals surface area contributed by atoms with Gasteiger partial charge in [-0.2, -0.15) is 13.2 Å². The van der Waals surface area contributed by atoms with Crippen molar-refractivity contribution in [2.45, 2.75) is 6.18 Å². The summed E-state index contributed by atoms with van der Waals surface area (Å²) < 4.78 is 37.0. The number of anilines is 2. The standard InChI is InChI=1S/C17H10ClF3N2O2/c18-10-4-5-12-13(15(24)23-14(12)8-10)7-9-2-1-3-11(6-9)22-16(25)17(19,20)21/h1-8H,(H,22,25)(H,23,24)/b13-7+. The van der Waals surface area contributed by atoms with E-state index in [1.165, 1.54) is 24.3 Å². The van der Waals surface area contributed by atoms with E-state index in [1.807, 2.05) is 0 Å². The summed E-state index contributed by atoms with van der Waals surface area (Å²) in [5, 5.41) is 4.91. The first-order chi connectivity index (χ1) is 11.7. The van der Waals surface area contributed by atoms with E-state index in [-0.39, 0.29) is 11.6 Å². The Labute approximate surface area is 145 Å². The zero-order chi connectivity index (χ0) is 18.2. The summed E-state index contributed by atoms with van der Waals surface area (Å²) in [5.74, 6) is -2.40. The van der Waals surface area contributed by atoms with Crippen LogP contribution in [0.25, 0.3) is 11.6 Å². The number of halogens is 4. The molecule has 2 aromatic carbocycles. The van der Waals surface area contributed by atoms with Gasteiger partial charge in [0.25, 0.3) is 5.91 Å². The maximum Gasteiger partial charge on any atom is 0.471 e. The number of rotatable bonds is 2. The van der Waals surface area contributed by atoms with Gasteiger partial charge in [0.05, 0.1) is 5.69 Å². The predicted octanol–water partition coefficient (Wildman–Crippen LogP) is 4.33. The summed E-state index contributed by atoms with van der Waals surface area (Å²) >= 11 is 5.88. The van der Waals surface area contributed by atoms with E-state index in [9.17, 15) is 22.8 Å². The molecular formula is C17H10ClF3N2O2. The van der Waals surface area contributed by atoms with E-state index in [0.29, 0.717) is 27.4 Å². The number of hydrogen-bond acceptors (Lipinski definition) is 2. The molecule has 8 heteroatoms. The third kappa shape index (κ3) is 3.66. The van der Waals surface area contributed by atoms with Crippen LogP contribution in [0, 0.1) is 0 Å². The van der Waals surface area contributed by atoms with Crippen LogP contribution >= 0.6 is 11.6 Å². The predicted molar refractivity (Wildman–Crippen MR) is 89.1 cm³/mol. The molecule has 1 aliphatic rings. The molecule has 3 rings (SSSR count). The number of amides is 2. The molecule has 0 bridgehead atoms. The van der Waals surface area contributed by atoms with E-state index < -0.39 is 12.1 Å². The Bertz CT molecular complexity index is 907. The lowest BCUT2D eigenvalue weighted by atomic mass is 10.0. The number of benzene rings is 2. The second-order valence-electron chi connectivity index (χ2n) is 5.28. The third-order valence-corrected chi connectivity index (χ3v) is 3.71. The topological polar surface area (TPSA) is 58.2 Å². The van der Waals surface area contributed by atoms with Crippen LogP contribution < -0.4 is 10.6 Å². The molecule has 0 saturated carbocycles. The lowest BCUT2D eigenvalue weighted by molar-refractivity contribution is -0.167. The average Bonchev–Trinajstić information content (AvgIpc) is 2.82. The fourth-order valence-corrected chi connectivity index (χ4v) is 2.56. The average molecular weight is 367 g/mol. The first-order valence-corrected chi connectivity index (χ1v) is 7.43. The Morgan fingerprint density at radius 3 is 2.64 bits per heavy atom. The van der Waals surface area contributed by atoms with E-state index in [1.54, 1.807) is 29.6 Å². The molecule has 0 saturated heterocycles. The lowest BCUT2D eigenvalue weighted by Crippen LogP contribution is -2.29. The molecule has 0 unspecified atom stereocenters. The fourth-order valence-electron chi connectivity index (χ4n) is 2.38. The molecule has 0 aliphatic carbocycles. The zero-order valence-corrected chi connectivity index (χ0v) is 13.2. The molecule has 128 valence electrons. The molecule has 0 aromatic heterocycles. The maximum atomic E-state index is 12.3. The Hall–Kier alpha value is -2.80. The Morgan fingerprint density at radius 1 is 1.16 bits per heavy atom. The first-order valence-electron chi connectivity index (χ1n) is 7.05. The minimum Gasteiger partial charge on any atom is -0.321 e. The van der Waals surface area contributed by atoms with Gasteiger partial charge in [-0.1, -0.05) is 29.8 Å². The van der Waals surface area contributed by atoms with Gasteiger partial charge in [-0.3, -0.25) is 9.59 Å². The molecule has 0 fully saturated rings. The number of carbonyl (C=O) groups excluding carboxylic acids is 2. The Balaban J connectivity index is 1.91. The van der Waals surface area contributed by atoms with Crippen LogP contribution in [0.15, 0.2) is 42.5 Å². The monoisotopic (exact) mass is 366 g/mol. The molecule has 2 amide bonds. The van der Waals surface area contributed by atoms with Gasteiger partial charge in [-0.15, -0.1) is 0 Å². The van der Waals surface area contributed by atoms with Crippen molar-refractivity contribution in [3.05, 3.63) is 58.6 Å². The molecular weight excluding hydrogens is 357 g/mol. The number of nitrogens with one attached hydrogen (secondary N) is 2. The van der Waals surface area contributed by atoms with E-state index >= 15 is 0 Å². The number of carbonyl (C=O) groups is 2. The van der Waals surface area contributed by atoms with Crippen LogP contribution in [-0.2, 0) is 9.59 Å². The molecule has 0 spiro atoms. The second-order valence-corrected chi connectivity index (χ2v) is 5.72. The normalized spacial score (nSPS) is 15.0. The van der Waals surface area contributed by atoms with E-state index in [0.717, 1.165) is 0 Å². The van der Waals surface area contributed by atoms with Crippen LogP contribution in [0.3, 0.4) is 0 Å². The second kappa shape index (κ2) is 6.25. The highest BCUT2D eigenvalue weighted by molar-refractivity contribution is 6.36. The molecule has 25 heavy (non-hydrogen) atoms. The van der Waals surface area contributed by atoms with Crippen molar-refractivity contribution >= 4 is 46.4 Å². The minimum atomic E-state index is -4.97. The summed E-state index contributed by atoms with van der Waals surface area (Å²) in [7, 11) is 0. The van der Waals surface area contributed by atoms with Crippen molar-refractivity contribution in [1.82, 2.24) is 0 Å². The highest BCUT2D eigenvalue weighted by atomic mass is 35.5. The summed E-state index contributed by atoms with van der Waals surface area (Å²) in [6, 6.07) is 10.7. The first kappa shape index (κ1) is 17.0. The SMILES string of the molecule is O=C1Nc2cc(Cl)ccc2/C1=C\c1cccc(NC(=O)C(F)(F)F)c1. The van der Waals surface area contributed by atoms with E-state index in [4.69, 9.17) is 11.6 Å². The molecule has 2 aromatic rings. The van der Waals surface area contributed by atoms with Gasteiger partial charge >= 0.3 is 12.1 Å². The van der Waals surface area contributed by atoms with Gasteiger partial charge < -0.3 is 10.6 Å². The summed E-state index contributed by atoms with van der Waals surface area (Å²) in [6.45, 7) is 0. The molecule has 0 radical (unpaired) electrons. The van der Waals surface area contributed by atoms with Crippen molar-refractivity contribution in [1.29, 1.82) is 0 Å². The van der Waals surface area contributed by atoms with Crippen LogP contribution in [0.2, 0.25) is 5.02 Å². The summed E-state index contributed by atoms with van der Waals surface area (Å²) in [4.78, 5) is 23.1. The fraction of sp³-hybridized carbons (Fsp3) is 0.0588. The minimum absolute atomic E-state index is 0.0218. The van der Waals surface area contributed by atoms with Crippen molar-refractivity contribution in [3.8, 4) is 0 Å². The molecule has 1 heterocycles. The van der Waals surface area contributed by atoms with Gasteiger partial charge in [0.15, 0.2) is 0 Å². The van der Waals surface area contributed by atoms with Crippen LogP contribution in [-0.4, -0.2) is 18.0 Å². The molecule has 4 nitrogen and oxygen atoms in total. The van der Waals surface area contributed by atoms with Crippen molar-refractivity contribution < 1.29 is 22.8 Å². The summed E-state index contributed by atoms with van der Waals surface area (Å²) in [6.07, 6.45) is -3.45. The van der Waals surface area contributed by atoms with Crippen molar-refractivity contribution in [2.24, 2.45) is 0 Å². The van der Waals surface area contributed by atoms with Gasteiger partial charge in [0, 0.05) is 21.8 Å². The number of alkyl halides is 3. The molecule has 2 N–H and O–H groups in total. The van der Waals surface area contributed by atoms with Crippen LogP contribution in [0.4, 0.5) is 24.5 Å². The van der Waals surface area contributed by atoms with Crippen LogP contribution in [0.5, 0.6) is 0 Å². The molecule has 0 atom stereocenters. The number of fused-ring (bicyclic) bond motifs is 1. The smallest absolute Gasteiger partial charge is 0.321 e. The Kier molecular flexibility index (Phi) is 4.26. The highest BCUT2D eigenvalue weighted by Crippen LogP contribution is 2.35. The van der Waals surface area contributed by atoms with Gasteiger partial charge in [0.1, 0.15) is 0 Å². The zero-order valence-electron chi connectivity index (χ0n) is 12.4. The number of hydrogen-bond donors (Lipinski definition) is 2. The maximum absolute atomic E-state index is 12.3. The Morgan fingerprint density at radius 2 is 1.92 bits per heavy atom. The van der Waals surface area contributed by atoms with Gasteiger partial charge in [-0.25, -0.2) is 0 Å². The van der Waals surface area contributed by atoms with E-state index in [2.05, 4.69) is 5.32 Å².